The van der Waals surface area contributed by atoms with Crippen LogP contribution in [-0.2, 0) is 27.9 Å². The van der Waals surface area contributed by atoms with Crippen LogP contribution in [0.2, 0.25) is 10.0 Å². The second-order valence-corrected chi connectivity index (χ2v) is 9.43. The van der Waals surface area contributed by atoms with E-state index in [-0.39, 0.29) is 18.0 Å². The Balaban J connectivity index is 1.80. The van der Waals surface area contributed by atoms with Gasteiger partial charge in [0.2, 0.25) is 15.9 Å². The van der Waals surface area contributed by atoms with E-state index in [0.29, 0.717) is 22.2 Å². The lowest BCUT2D eigenvalue weighted by Crippen LogP contribution is -2.40. The van der Waals surface area contributed by atoms with E-state index in [2.05, 4.69) is 5.32 Å². The minimum atomic E-state index is -3.92. The van der Waals surface area contributed by atoms with Gasteiger partial charge >= 0.3 is 0 Å². The molecule has 0 saturated carbocycles. The maximum Gasteiger partial charge on any atom is 0.243 e. The van der Waals surface area contributed by atoms with Gasteiger partial charge in [-0.3, -0.25) is 4.79 Å². The summed E-state index contributed by atoms with van der Waals surface area (Å²) in [5.74, 6) is -0.398. The Bertz CT molecular complexity index is 1090. The third kappa shape index (κ3) is 6.06. The topological polar surface area (TPSA) is 66.5 Å². The van der Waals surface area contributed by atoms with Gasteiger partial charge in [-0.2, -0.15) is 4.31 Å². The zero-order chi connectivity index (χ0) is 21.6. The van der Waals surface area contributed by atoms with Crippen molar-refractivity contribution < 1.29 is 13.2 Å². The number of nitrogens with zero attached hydrogens (tertiary/aromatic N) is 1. The molecule has 156 valence electrons. The van der Waals surface area contributed by atoms with Crippen molar-refractivity contribution >= 4 is 39.1 Å². The van der Waals surface area contributed by atoms with Crippen LogP contribution in [0.25, 0.3) is 0 Å². The summed E-state index contributed by atoms with van der Waals surface area (Å²) in [5.41, 5.74) is 1.64. The first-order valence-electron chi connectivity index (χ1n) is 9.15. The van der Waals surface area contributed by atoms with Gasteiger partial charge in [0.25, 0.3) is 0 Å². The van der Waals surface area contributed by atoms with Crippen LogP contribution in [0.3, 0.4) is 0 Å². The zero-order valence-electron chi connectivity index (χ0n) is 16.0. The Morgan fingerprint density at radius 3 is 1.97 bits per heavy atom. The third-order valence-corrected chi connectivity index (χ3v) is 6.69. The fourth-order valence-corrected chi connectivity index (χ4v) is 4.42. The van der Waals surface area contributed by atoms with E-state index < -0.39 is 15.9 Å². The average Bonchev–Trinajstić information content (AvgIpc) is 2.74. The SMILES string of the molecule is O=C(CN(Cc1ccc(Cl)cc1)S(=O)(=O)c1ccc(Cl)cc1)NCc1ccccc1. The molecule has 0 aliphatic heterocycles. The number of rotatable bonds is 8. The van der Waals surface area contributed by atoms with Crippen molar-refractivity contribution in [3.8, 4) is 0 Å². The third-order valence-electron chi connectivity index (χ3n) is 4.38. The maximum absolute atomic E-state index is 13.2. The maximum atomic E-state index is 13.2. The van der Waals surface area contributed by atoms with E-state index in [0.717, 1.165) is 9.87 Å². The molecule has 3 aromatic rings. The van der Waals surface area contributed by atoms with Crippen LogP contribution in [0.15, 0.2) is 83.8 Å². The second kappa shape index (κ2) is 10.1. The number of amides is 1. The van der Waals surface area contributed by atoms with E-state index in [4.69, 9.17) is 23.2 Å². The lowest BCUT2D eigenvalue weighted by atomic mass is 10.2. The summed E-state index contributed by atoms with van der Waals surface area (Å²) < 4.78 is 27.5. The van der Waals surface area contributed by atoms with E-state index in [1.807, 2.05) is 30.3 Å². The molecule has 0 aliphatic rings. The van der Waals surface area contributed by atoms with E-state index in [9.17, 15) is 13.2 Å². The standard InChI is InChI=1S/C22H20Cl2N2O3S/c23-19-8-6-18(7-9-19)15-26(30(28,29)21-12-10-20(24)11-13-21)16-22(27)25-14-17-4-2-1-3-5-17/h1-13H,14-16H2,(H,25,27). The predicted octanol–water partition coefficient (Wildman–Crippen LogP) is 4.50. The highest BCUT2D eigenvalue weighted by Gasteiger charge is 2.27. The molecule has 0 radical (unpaired) electrons. The Morgan fingerprint density at radius 1 is 0.800 bits per heavy atom. The van der Waals surface area contributed by atoms with E-state index in [1.165, 1.54) is 24.3 Å². The molecule has 5 nitrogen and oxygen atoms in total. The number of carbonyl (C=O) groups excluding carboxylic acids is 1. The first-order chi connectivity index (χ1) is 14.3. The molecule has 0 aliphatic carbocycles. The quantitative estimate of drug-likeness (QED) is 0.535. The molecule has 0 bridgehead atoms. The van der Waals surface area contributed by atoms with Crippen LogP contribution in [0.4, 0.5) is 0 Å². The van der Waals surface area contributed by atoms with Gasteiger partial charge in [-0.25, -0.2) is 8.42 Å². The molecule has 3 aromatic carbocycles. The van der Waals surface area contributed by atoms with Crippen molar-refractivity contribution in [2.24, 2.45) is 0 Å². The van der Waals surface area contributed by atoms with Crippen LogP contribution < -0.4 is 5.32 Å². The first-order valence-corrected chi connectivity index (χ1v) is 11.3. The summed E-state index contributed by atoms with van der Waals surface area (Å²) in [7, 11) is -3.92. The fraction of sp³-hybridized carbons (Fsp3) is 0.136. The van der Waals surface area contributed by atoms with Crippen molar-refractivity contribution in [3.63, 3.8) is 0 Å². The number of benzene rings is 3. The Kier molecular flexibility index (Phi) is 7.50. The van der Waals surface area contributed by atoms with Crippen LogP contribution >= 0.6 is 23.2 Å². The Morgan fingerprint density at radius 2 is 1.37 bits per heavy atom. The Hall–Kier alpha value is -2.38. The summed E-state index contributed by atoms with van der Waals surface area (Å²) >= 11 is 11.8. The smallest absolute Gasteiger partial charge is 0.243 e. The van der Waals surface area contributed by atoms with Gasteiger partial charge in [0.05, 0.1) is 11.4 Å². The molecule has 0 unspecified atom stereocenters. The predicted molar refractivity (Wildman–Crippen MR) is 119 cm³/mol. The summed E-state index contributed by atoms with van der Waals surface area (Å²) in [4.78, 5) is 12.6. The molecule has 8 heteroatoms. The molecule has 30 heavy (non-hydrogen) atoms. The molecule has 0 atom stereocenters. The molecule has 3 rings (SSSR count). The van der Waals surface area contributed by atoms with Gasteiger partial charge in [-0.05, 0) is 47.5 Å². The van der Waals surface area contributed by atoms with E-state index in [1.54, 1.807) is 24.3 Å². The van der Waals surface area contributed by atoms with Crippen molar-refractivity contribution in [2.75, 3.05) is 6.54 Å². The molecule has 0 spiro atoms. The molecular weight excluding hydrogens is 443 g/mol. The Labute approximate surface area is 186 Å². The largest absolute Gasteiger partial charge is 0.351 e. The van der Waals surface area contributed by atoms with Gasteiger partial charge in [0.1, 0.15) is 0 Å². The first kappa shape index (κ1) is 22.3. The van der Waals surface area contributed by atoms with Crippen LogP contribution in [0, 0.1) is 0 Å². The summed E-state index contributed by atoms with van der Waals surface area (Å²) in [5, 5.41) is 3.75. The summed E-state index contributed by atoms with van der Waals surface area (Å²) in [6.45, 7) is 0.0246. The molecule has 1 N–H and O–H groups in total. The van der Waals surface area contributed by atoms with Gasteiger partial charge < -0.3 is 5.32 Å². The number of halogens is 2. The monoisotopic (exact) mass is 462 g/mol. The van der Waals surface area contributed by atoms with Gasteiger partial charge in [0, 0.05) is 23.1 Å². The number of hydrogen-bond donors (Lipinski definition) is 1. The fourth-order valence-electron chi connectivity index (χ4n) is 2.79. The minimum Gasteiger partial charge on any atom is -0.351 e. The molecule has 0 aromatic heterocycles. The van der Waals surface area contributed by atoms with Crippen LogP contribution in [0.5, 0.6) is 0 Å². The van der Waals surface area contributed by atoms with Crippen molar-refractivity contribution in [3.05, 3.63) is 100 Å². The zero-order valence-corrected chi connectivity index (χ0v) is 18.3. The lowest BCUT2D eigenvalue weighted by molar-refractivity contribution is -0.121. The average molecular weight is 463 g/mol. The van der Waals surface area contributed by atoms with Gasteiger partial charge in [0.15, 0.2) is 0 Å². The van der Waals surface area contributed by atoms with Crippen molar-refractivity contribution in [1.29, 1.82) is 0 Å². The summed E-state index contributed by atoms with van der Waals surface area (Å²) in [6, 6.07) is 22.1. The highest BCUT2D eigenvalue weighted by atomic mass is 35.5. The van der Waals surface area contributed by atoms with Gasteiger partial charge in [-0.15, -0.1) is 0 Å². The van der Waals surface area contributed by atoms with Crippen molar-refractivity contribution in [2.45, 2.75) is 18.0 Å². The van der Waals surface area contributed by atoms with Crippen LogP contribution in [0.1, 0.15) is 11.1 Å². The number of sulfonamides is 1. The summed E-state index contributed by atoms with van der Waals surface area (Å²) in [6.07, 6.45) is 0. The molecule has 0 fully saturated rings. The highest BCUT2D eigenvalue weighted by molar-refractivity contribution is 7.89. The molecule has 0 saturated heterocycles. The normalized spacial score (nSPS) is 11.4. The number of carbonyl (C=O) groups is 1. The minimum absolute atomic E-state index is 0.0287. The van der Waals surface area contributed by atoms with Gasteiger partial charge in [-0.1, -0.05) is 65.7 Å². The molecular formula is C22H20Cl2N2O3S. The highest BCUT2D eigenvalue weighted by Crippen LogP contribution is 2.21. The molecule has 0 heterocycles. The number of hydrogen-bond acceptors (Lipinski definition) is 3. The van der Waals surface area contributed by atoms with Crippen molar-refractivity contribution in [1.82, 2.24) is 9.62 Å². The lowest BCUT2D eigenvalue weighted by Gasteiger charge is -2.22. The second-order valence-electron chi connectivity index (χ2n) is 6.62. The molecule has 1 amide bonds. The van der Waals surface area contributed by atoms with E-state index >= 15 is 0 Å². The van der Waals surface area contributed by atoms with Crippen LogP contribution in [-0.4, -0.2) is 25.2 Å². The number of nitrogens with one attached hydrogen (secondary N) is 1.